The van der Waals surface area contributed by atoms with Crippen LogP contribution in [0.5, 0.6) is 17.2 Å². The van der Waals surface area contributed by atoms with Gasteiger partial charge in [0.25, 0.3) is 11.8 Å². The lowest BCUT2D eigenvalue weighted by atomic mass is 10.1. The van der Waals surface area contributed by atoms with Crippen LogP contribution in [-0.2, 0) is 0 Å². The van der Waals surface area contributed by atoms with Gasteiger partial charge in [-0.05, 0) is 66.7 Å². The maximum Gasteiger partial charge on any atom is 0.255 e. The normalized spacial score (nSPS) is 10.1. The molecule has 0 aliphatic heterocycles. The Morgan fingerprint density at radius 1 is 0.600 bits per heavy atom. The summed E-state index contributed by atoms with van der Waals surface area (Å²) in [6.07, 6.45) is 0. The first-order chi connectivity index (χ1) is 14.5. The van der Waals surface area contributed by atoms with Crippen LogP contribution < -0.4 is 24.8 Å². The van der Waals surface area contributed by atoms with Gasteiger partial charge in [0.1, 0.15) is 5.75 Å². The molecule has 0 saturated carbocycles. The Labute approximate surface area is 174 Å². The number of methoxy groups -OCH3 is 3. The molecule has 7 heteroatoms. The smallest absolute Gasteiger partial charge is 0.255 e. The number of anilines is 2. The molecule has 0 aliphatic carbocycles. The molecule has 7 nitrogen and oxygen atoms in total. The van der Waals surface area contributed by atoms with E-state index in [1.165, 1.54) is 14.2 Å². The first kappa shape index (κ1) is 20.7. The van der Waals surface area contributed by atoms with Gasteiger partial charge in [-0.1, -0.05) is 0 Å². The molecule has 0 atom stereocenters. The predicted molar refractivity (Wildman–Crippen MR) is 115 cm³/mol. The van der Waals surface area contributed by atoms with Gasteiger partial charge in [0.05, 0.1) is 21.3 Å². The number of benzene rings is 3. The predicted octanol–water partition coefficient (Wildman–Crippen LogP) is 4.22. The summed E-state index contributed by atoms with van der Waals surface area (Å²) in [5.41, 5.74) is 2.12. The molecule has 3 aromatic carbocycles. The van der Waals surface area contributed by atoms with Crippen molar-refractivity contribution in [2.75, 3.05) is 32.0 Å². The number of hydrogen-bond donors (Lipinski definition) is 2. The molecule has 2 N–H and O–H groups in total. The van der Waals surface area contributed by atoms with Crippen LogP contribution in [0.3, 0.4) is 0 Å². The van der Waals surface area contributed by atoms with Gasteiger partial charge in [0.15, 0.2) is 11.5 Å². The number of nitrogens with one attached hydrogen (secondary N) is 2. The van der Waals surface area contributed by atoms with Crippen molar-refractivity contribution in [3.8, 4) is 17.2 Å². The lowest BCUT2D eigenvalue weighted by Crippen LogP contribution is -2.14. The van der Waals surface area contributed by atoms with E-state index in [1.54, 1.807) is 73.8 Å². The highest BCUT2D eigenvalue weighted by Gasteiger charge is 2.12. The van der Waals surface area contributed by atoms with E-state index >= 15 is 0 Å². The highest BCUT2D eigenvalue weighted by Crippen LogP contribution is 2.28. The molecule has 0 bridgehead atoms. The maximum absolute atomic E-state index is 12.5. The SMILES string of the molecule is COc1ccc(NC(=O)c2ccc(NC(=O)c3ccc(OC)c(OC)c3)cc2)cc1. The quantitative estimate of drug-likeness (QED) is 0.614. The van der Waals surface area contributed by atoms with E-state index in [4.69, 9.17) is 14.2 Å². The third kappa shape index (κ3) is 4.88. The first-order valence-corrected chi connectivity index (χ1v) is 9.13. The van der Waals surface area contributed by atoms with Gasteiger partial charge >= 0.3 is 0 Å². The molecular weight excluding hydrogens is 384 g/mol. The second-order valence-corrected chi connectivity index (χ2v) is 6.28. The van der Waals surface area contributed by atoms with E-state index < -0.39 is 0 Å². The molecular formula is C23H22N2O5. The number of rotatable bonds is 7. The van der Waals surface area contributed by atoms with Crippen molar-refractivity contribution in [1.82, 2.24) is 0 Å². The minimum atomic E-state index is -0.300. The fourth-order valence-corrected chi connectivity index (χ4v) is 2.76. The van der Waals surface area contributed by atoms with Crippen LogP contribution in [0.2, 0.25) is 0 Å². The van der Waals surface area contributed by atoms with Gasteiger partial charge in [-0.3, -0.25) is 9.59 Å². The van der Waals surface area contributed by atoms with Crippen molar-refractivity contribution in [2.24, 2.45) is 0 Å². The van der Waals surface area contributed by atoms with Gasteiger partial charge in [0.2, 0.25) is 0 Å². The zero-order valence-electron chi connectivity index (χ0n) is 16.9. The molecule has 0 radical (unpaired) electrons. The van der Waals surface area contributed by atoms with E-state index in [0.29, 0.717) is 39.8 Å². The van der Waals surface area contributed by atoms with Crippen LogP contribution in [0, 0.1) is 0 Å². The molecule has 0 heterocycles. The van der Waals surface area contributed by atoms with E-state index in [1.807, 2.05) is 0 Å². The molecule has 0 fully saturated rings. The summed E-state index contributed by atoms with van der Waals surface area (Å²) in [4.78, 5) is 24.9. The number of ether oxygens (including phenoxy) is 3. The van der Waals surface area contributed by atoms with Gasteiger partial charge in [-0.25, -0.2) is 0 Å². The molecule has 30 heavy (non-hydrogen) atoms. The van der Waals surface area contributed by atoms with Crippen LogP contribution >= 0.6 is 0 Å². The summed E-state index contributed by atoms with van der Waals surface area (Å²) < 4.78 is 15.5. The zero-order valence-corrected chi connectivity index (χ0v) is 16.9. The van der Waals surface area contributed by atoms with Crippen LogP contribution in [-0.4, -0.2) is 33.1 Å². The van der Waals surface area contributed by atoms with Gasteiger partial charge in [-0.2, -0.15) is 0 Å². The van der Waals surface area contributed by atoms with Crippen molar-refractivity contribution in [2.45, 2.75) is 0 Å². The van der Waals surface area contributed by atoms with Crippen molar-refractivity contribution in [3.05, 3.63) is 77.9 Å². The van der Waals surface area contributed by atoms with Crippen molar-refractivity contribution in [1.29, 1.82) is 0 Å². The number of carbonyl (C=O) groups is 2. The van der Waals surface area contributed by atoms with Crippen LogP contribution in [0.25, 0.3) is 0 Å². The number of hydrogen-bond acceptors (Lipinski definition) is 5. The summed E-state index contributed by atoms with van der Waals surface area (Å²) in [6, 6.07) is 18.6. The van der Waals surface area contributed by atoms with Crippen LogP contribution in [0.1, 0.15) is 20.7 Å². The molecule has 0 saturated heterocycles. The monoisotopic (exact) mass is 406 g/mol. The third-order valence-electron chi connectivity index (χ3n) is 4.40. The second kappa shape index (κ2) is 9.47. The molecule has 2 amide bonds. The van der Waals surface area contributed by atoms with E-state index in [2.05, 4.69) is 10.6 Å². The summed E-state index contributed by atoms with van der Waals surface area (Å²) >= 11 is 0. The first-order valence-electron chi connectivity index (χ1n) is 9.13. The fourth-order valence-electron chi connectivity index (χ4n) is 2.76. The lowest BCUT2D eigenvalue weighted by molar-refractivity contribution is 0.101. The van der Waals surface area contributed by atoms with Crippen molar-refractivity contribution >= 4 is 23.2 Å². The Balaban J connectivity index is 1.64. The average Bonchev–Trinajstić information content (AvgIpc) is 2.79. The minimum absolute atomic E-state index is 0.252. The molecule has 0 spiro atoms. The van der Waals surface area contributed by atoms with Crippen molar-refractivity contribution in [3.63, 3.8) is 0 Å². The Morgan fingerprint density at radius 3 is 1.63 bits per heavy atom. The van der Waals surface area contributed by atoms with E-state index in [0.717, 1.165) is 0 Å². The Hall–Kier alpha value is -4.00. The summed E-state index contributed by atoms with van der Waals surface area (Å²) in [6.45, 7) is 0. The largest absolute Gasteiger partial charge is 0.497 e. The third-order valence-corrected chi connectivity index (χ3v) is 4.40. The van der Waals surface area contributed by atoms with Crippen molar-refractivity contribution < 1.29 is 23.8 Å². The highest BCUT2D eigenvalue weighted by atomic mass is 16.5. The molecule has 0 unspecified atom stereocenters. The average molecular weight is 406 g/mol. The Kier molecular flexibility index (Phi) is 6.54. The minimum Gasteiger partial charge on any atom is -0.497 e. The standard InChI is InChI=1S/C23H22N2O5/c1-28-19-11-9-18(10-12-19)24-22(26)15-4-7-17(8-5-15)25-23(27)16-6-13-20(29-2)21(14-16)30-3/h4-14H,1-3H3,(H,24,26)(H,25,27). The molecule has 154 valence electrons. The molecule has 3 rings (SSSR count). The highest BCUT2D eigenvalue weighted by molar-refractivity contribution is 6.06. The number of carbonyl (C=O) groups excluding carboxylic acids is 2. The maximum atomic E-state index is 12.5. The molecule has 0 aromatic heterocycles. The van der Waals surface area contributed by atoms with E-state index in [-0.39, 0.29) is 11.8 Å². The topological polar surface area (TPSA) is 85.9 Å². The lowest BCUT2D eigenvalue weighted by Gasteiger charge is -2.10. The molecule has 3 aromatic rings. The Bertz CT molecular complexity index is 1030. The Morgan fingerprint density at radius 2 is 1.10 bits per heavy atom. The fraction of sp³-hybridized carbons (Fsp3) is 0.130. The van der Waals surface area contributed by atoms with Gasteiger partial charge < -0.3 is 24.8 Å². The van der Waals surface area contributed by atoms with E-state index in [9.17, 15) is 9.59 Å². The molecule has 0 aliphatic rings. The second-order valence-electron chi connectivity index (χ2n) is 6.28. The summed E-state index contributed by atoms with van der Waals surface area (Å²) in [5.74, 6) is 1.17. The number of amides is 2. The summed E-state index contributed by atoms with van der Waals surface area (Å²) in [5, 5.41) is 5.61. The van der Waals surface area contributed by atoms with Gasteiger partial charge in [-0.15, -0.1) is 0 Å². The summed E-state index contributed by atoms with van der Waals surface area (Å²) in [7, 11) is 4.62. The van der Waals surface area contributed by atoms with Gasteiger partial charge in [0, 0.05) is 22.5 Å². The van der Waals surface area contributed by atoms with Crippen LogP contribution in [0.15, 0.2) is 66.7 Å². The zero-order chi connectivity index (χ0) is 21.5. The van der Waals surface area contributed by atoms with Crippen LogP contribution in [0.4, 0.5) is 11.4 Å².